The van der Waals surface area contributed by atoms with Crippen LogP contribution in [0.3, 0.4) is 0 Å². The van der Waals surface area contributed by atoms with Crippen LogP contribution in [0.4, 0.5) is 0 Å². The van der Waals surface area contributed by atoms with Crippen molar-refractivity contribution in [2.45, 2.75) is 58.5 Å². The second-order valence-corrected chi connectivity index (χ2v) is 8.97. The number of aryl methyl sites for hydroxylation is 1. The first-order chi connectivity index (χ1) is 16.6. The number of rotatable bonds is 5. The van der Waals surface area contributed by atoms with Crippen molar-refractivity contribution >= 4 is 28.9 Å². The van der Waals surface area contributed by atoms with E-state index in [-0.39, 0.29) is 30.8 Å². The standard InChI is InChI=1S/C26H34N2O7/c1-15(2)34-21-9-7-8-18-23(22(33-14-32-6)12-19-24(18)27-13-28(19)5)26(31)35-17(4)16(3)10-11-20(29)25(21)30/h7-8,10-13,15-17,21,25,30H,9,14H2,1-6H3/b8-7+,11-10-/t16-,17+,21+,25-/m1/s1. The van der Waals surface area contributed by atoms with Crippen molar-refractivity contribution < 1.29 is 33.6 Å². The molecule has 2 heterocycles. The second-order valence-electron chi connectivity index (χ2n) is 8.97. The van der Waals surface area contributed by atoms with Gasteiger partial charge >= 0.3 is 5.97 Å². The van der Waals surface area contributed by atoms with Gasteiger partial charge in [-0.3, -0.25) is 4.79 Å². The van der Waals surface area contributed by atoms with Gasteiger partial charge in [0.2, 0.25) is 0 Å². The zero-order valence-corrected chi connectivity index (χ0v) is 21.1. The summed E-state index contributed by atoms with van der Waals surface area (Å²) >= 11 is 0. The number of carbonyl (C=O) groups is 2. The molecule has 1 aromatic heterocycles. The van der Waals surface area contributed by atoms with Gasteiger partial charge in [0.05, 0.1) is 29.6 Å². The fraction of sp³-hybridized carbons (Fsp3) is 0.500. The molecule has 0 radical (unpaired) electrons. The number of nitrogens with zero attached hydrogens (tertiary/aromatic N) is 2. The molecule has 1 aliphatic rings. The highest BCUT2D eigenvalue weighted by molar-refractivity contribution is 6.04. The zero-order valence-electron chi connectivity index (χ0n) is 21.1. The molecule has 3 rings (SSSR count). The van der Waals surface area contributed by atoms with Crippen LogP contribution in [0.1, 0.15) is 50.0 Å². The first-order valence-corrected chi connectivity index (χ1v) is 11.7. The van der Waals surface area contributed by atoms with Gasteiger partial charge in [-0.15, -0.1) is 0 Å². The molecule has 1 aromatic carbocycles. The molecule has 4 atom stereocenters. The van der Waals surface area contributed by atoms with Crippen LogP contribution in [0, 0.1) is 5.92 Å². The molecule has 1 aliphatic heterocycles. The molecule has 0 aliphatic carbocycles. The number of benzene rings is 1. The Labute approximate surface area is 205 Å². The van der Waals surface area contributed by atoms with Gasteiger partial charge in [0, 0.05) is 31.7 Å². The number of fused-ring (bicyclic) bond motifs is 3. The molecule has 35 heavy (non-hydrogen) atoms. The predicted octanol–water partition coefficient (Wildman–Crippen LogP) is 3.43. The van der Waals surface area contributed by atoms with Crippen LogP contribution in [0.5, 0.6) is 5.75 Å². The van der Waals surface area contributed by atoms with Crippen molar-refractivity contribution in [3.05, 3.63) is 41.7 Å². The summed E-state index contributed by atoms with van der Waals surface area (Å²) in [6.45, 7) is 7.20. The zero-order chi connectivity index (χ0) is 25.7. The molecule has 9 heteroatoms. The molecular formula is C26H34N2O7. The van der Waals surface area contributed by atoms with Crippen LogP contribution >= 0.6 is 0 Å². The molecule has 0 amide bonds. The predicted molar refractivity (Wildman–Crippen MR) is 131 cm³/mol. The molecule has 0 spiro atoms. The summed E-state index contributed by atoms with van der Waals surface area (Å²) in [5, 5.41) is 10.7. The summed E-state index contributed by atoms with van der Waals surface area (Å²) in [7, 11) is 3.34. The van der Waals surface area contributed by atoms with E-state index in [9.17, 15) is 14.7 Å². The lowest BCUT2D eigenvalue weighted by atomic mass is 9.98. The fourth-order valence-electron chi connectivity index (χ4n) is 3.82. The van der Waals surface area contributed by atoms with Crippen LogP contribution < -0.4 is 4.74 Å². The van der Waals surface area contributed by atoms with Gasteiger partial charge in [-0.05, 0) is 33.3 Å². The summed E-state index contributed by atoms with van der Waals surface area (Å²) in [6.07, 6.45) is 5.47. The molecule has 0 unspecified atom stereocenters. The van der Waals surface area contributed by atoms with E-state index < -0.39 is 30.1 Å². The second kappa shape index (κ2) is 11.6. The number of esters is 1. The van der Waals surface area contributed by atoms with E-state index in [1.807, 2.05) is 32.4 Å². The molecule has 0 saturated carbocycles. The minimum atomic E-state index is -1.34. The first kappa shape index (κ1) is 26.6. The maximum absolute atomic E-state index is 13.4. The molecule has 0 fully saturated rings. The quantitative estimate of drug-likeness (QED) is 0.506. The fourth-order valence-corrected chi connectivity index (χ4v) is 3.82. The van der Waals surface area contributed by atoms with Crippen LogP contribution in [-0.4, -0.2) is 64.7 Å². The highest BCUT2D eigenvalue weighted by atomic mass is 16.7. The number of cyclic esters (lactones) is 1. The summed E-state index contributed by atoms with van der Waals surface area (Å²) in [4.78, 5) is 30.5. The minimum absolute atomic E-state index is 0.0555. The van der Waals surface area contributed by atoms with Crippen LogP contribution in [-0.2, 0) is 26.1 Å². The summed E-state index contributed by atoms with van der Waals surface area (Å²) < 4.78 is 24.3. The molecule has 190 valence electrons. The van der Waals surface area contributed by atoms with Crippen molar-refractivity contribution in [3.8, 4) is 5.75 Å². The van der Waals surface area contributed by atoms with Crippen molar-refractivity contribution in [1.29, 1.82) is 0 Å². The molecule has 9 nitrogen and oxygen atoms in total. The van der Waals surface area contributed by atoms with Gasteiger partial charge in [-0.1, -0.05) is 25.2 Å². The Morgan fingerprint density at radius 3 is 2.69 bits per heavy atom. The van der Waals surface area contributed by atoms with Crippen molar-refractivity contribution in [3.63, 3.8) is 0 Å². The van der Waals surface area contributed by atoms with E-state index >= 15 is 0 Å². The highest BCUT2D eigenvalue weighted by Gasteiger charge is 2.28. The van der Waals surface area contributed by atoms with E-state index in [1.165, 1.54) is 13.2 Å². The van der Waals surface area contributed by atoms with Crippen molar-refractivity contribution in [2.75, 3.05) is 13.9 Å². The number of aromatic nitrogens is 2. The number of imidazole rings is 1. The lowest BCUT2D eigenvalue weighted by Crippen LogP contribution is -2.36. The number of aliphatic hydroxyl groups excluding tert-OH is 1. The van der Waals surface area contributed by atoms with Gasteiger partial charge < -0.3 is 28.6 Å². The third-order valence-corrected chi connectivity index (χ3v) is 5.90. The maximum Gasteiger partial charge on any atom is 0.342 e. The summed E-state index contributed by atoms with van der Waals surface area (Å²) in [6, 6.07) is 1.74. The van der Waals surface area contributed by atoms with Crippen LogP contribution in [0.2, 0.25) is 0 Å². The molecular weight excluding hydrogens is 452 g/mol. The van der Waals surface area contributed by atoms with Gasteiger partial charge in [0.15, 0.2) is 12.6 Å². The summed E-state index contributed by atoms with van der Waals surface area (Å²) in [5.74, 6) is -1.02. The lowest BCUT2D eigenvalue weighted by molar-refractivity contribution is -0.133. The Balaban J connectivity index is 2.19. The number of aliphatic hydroxyl groups is 1. The number of ketones is 1. The normalized spacial score (nSPS) is 25.7. The van der Waals surface area contributed by atoms with E-state index in [4.69, 9.17) is 18.9 Å². The SMILES string of the molecule is COCOc1cc2c(ncn2C)c2c1C(=O)O[C@@H](C)[C@H](C)/C=C\C(=O)[C@@H](O)[C@@H](OC(C)C)C/C=C/2. The van der Waals surface area contributed by atoms with Gasteiger partial charge in [-0.2, -0.15) is 0 Å². The molecule has 0 bridgehead atoms. The van der Waals surface area contributed by atoms with E-state index in [1.54, 1.807) is 37.5 Å². The average Bonchev–Trinajstić information content (AvgIpc) is 3.18. The minimum Gasteiger partial charge on any atom is -0.467 e. The van der Waals surface area contributed by atoms with Crippen LogP contribution in [0.25, 0.3) is 17.1 Å². The van der Waals surface area contributed by atoms with Crippen LogP contribution in [0.15, 0.2) is 30.6 Å². The molecule has 2 aromatic rings. The number of methoxy groups -OCH3 is 1. The average molecular weight is 487 g/mol. The molecule has 1 N–H and O–H groups in total. The number of ether oxygens (including phenoxy) is 4. The third kappa shape index (κ3) is 6.17. The van der Waals surface area contributed by atoms with E-state index in [0.29, 0.717) is 16.8 Å². The third-order valence-electron chi connectivity index (χ3n) is 5.90. The Hall–Kier alpha value is -3.01. The Morgan fingerprint density at radius 2 is 2.00 bits per heavy atom. The maximum atomic E-state index is 13.4. The van der Waals surface area contributed by atoms with E-state index in [2.05, 4.69) is 4.98 Å². The largest absolute Gasteiger partial charge is 0.467 e. The van der Waals surface area contributed by atoms with Crippen molar-refractivity contribution in [1.82, 2.24) is 9.55 Å². The van der Waals surface area contributed by atoms with Gasteiger partial charge in [-0.25, -0.2) is 9.78 Å². The summed E-state index contributed by atoms with van der Waals surface area (Å²) in [5.41, 5.74) is 2.08. The topological polar surface area (TPSA) is 109 Å². The number of carbonyl (C=O) groups excluding carboxylic acids is 2. The first-order valence-electron chi connectivity index (χ1n) is 11.7. The Morgan fingerprint density at radius 1 is 1.26 bits per heavy atom. The smallest absolute Gasteiger partial charge is 0.342 e. The number of hydrogen-bond acceptors (Lipinski definition) is 8. The Kier molecular flexibility index (Phi) is 8.82. The van der Waals surface area contributed by atoms with Gasteiger partial charge in [0.25, 0.3) is 0 Å². The Bertz CT molecular complexity index is 1120. The molecule has 0 saturated heterocycles. The monoisotopic (exact) mass is 486 g/mol. The van der Waals surface area contributed by atoms with Gasteiger partial charge in [0.1, 0.15) is 23.5 Å². The van der Waals surface area contributed by atoms with Crippen molar-refractivity contribution in [2.24, 2.45) is 13.0 Å². The highest BCUT2D eigenvalue weighted by Crippen LogP contribution is 2.33. The lowest BCUT2D eigenvalue weighted by Gasteiger charge is -2.24. The van der Waals surface area contributed by atoms with E-state index in [0.717, 1.165) is 5.52 Å². The number of hydrogen-bond donors (Lipinski definition) is 1.